The minimum atomic E-state index is -0.619. The molecule has 0 aromatic heterocycles. The van der Waals surface area contributed by atoms with Crippen LogP contribution in [0.15, 0.2) is 61.2 Å². The fourth-order valence-electron chi connectivity index (χ4n) is 3.81. The van der Waals surface area contributed by atoms with Crippen molar-refractivity contribution in [3.63, 3.8) is 0 Å². The van der Waals surface area contributed by atoms with Crippen LogP contribution in [-0.2, 0) is 14.3 Å². The molecule has 0 heterocycles. The van der Waals surface area contributed by atoms with Crippen molar-refractivity contribution in [1.29, 1.82) is 0 Å². The lowest BCUT2D eigenvalue weighted by Crippen LogP contribution is -2.17. The zero-order chi connectivity index (χ0) is 29.9. The smallest absolute Gasteiger partial charge is 0.343 e. The number of aliphatic hydroxyl groups is 1. The van der Waals surface area contributed by atoms with Gasteiger partial charge in [0.15, 0.2) is 0 Å². The van der Waals surface area contributed by atoms with Crippen molar-refractivity contribution >= 4 is 17.9 Å². The molecule has 2 unspecified atom stereocenters. The van der Waals surface area contributed by atoms with Gasteiger partial charge in [0.05, 0.1) is 30.4 Å². The fraction of sp³-hybridized carbons (Fsp3) is 0.485. The second-order valence-electron chi connectivity index (χ2n) is 10.2. The molecule has 2 aromatic rings. The molecule has 224 valence electrons. The molecule has 2 rings (SSSR count). The van der Waals surface area contributed by atoms with Crippen molar-refractivity contribution in [3.05, 3.63) is 72.3 Å². The largest absolute Gasteiger partial charge is 0.494 e. The standard InChI is InChI=1S/C33H44O8/c1-4-25(3)23-40-32(36)26-16-20-30(21-17-26)41-33(37)27-14-18-29(19-15-27)38-22-12-10-8-6-7-9-11-13-28(34)24-39-31(35)5-2/h5,14-21,25,28,34H,2,4,6-13,22-24H2,1,3H3. The summed E-state index contributed by atoms with van der Waals surface area (Å²) in [5.74, 6) is -0.0517. The first-order valence-electron chi connectivity index (χ1n) is 14.5. The molecule has 0 bridgehead atoms. The Morgan fingerprint density at radius 2 is 1.34 bits per heavy atom. The van der Waals surface area contributed by atoms with Crippen molar-refractivity contribution < 1.29 is 38.4 Å². The number of hydrogen-bond donors (Lipinski definition) is 1. The van der Waals surface area contributed by atoms with E-state index in [1.54, 1.807) is 48.5 Å². The minimum Gasteiger partial charge on any atom is -0.494 e. The van der Waals surface area contributed by atoms with Crippen molar-refractivity contribution in [2.24, 2.45) is 5.92 Å². The molecule has 8 heteroatoms. The van der Waals surface area contributed by atoms with Gasteiger partial charge in [-0.05, 0) is 67.3 Å². The molecule has 0 aliphatic carbocycles. The summed E-state index contributed by atoms with van der Waals surface area (Å²) >= 11 is 0. The number of carbonyl (C=O) groups is 3. The van der Waals surface area contributed by atoms with E-state index in [1.807, 2.05) is 13.8 Å². The van der Waals surface area contributed by atoms with Gasteiger partial charge in [0.2, 0.25) is 0 Å². The number of benzene rings is 2. The zero-order valence-corrected chi connectivity index (χ0v) is 24.3. The van der Waals surface area contributed by atoms with Gasteiger partial charge in [0.1, 0.15) is 18.1 Å². The molecule has 0 amide bonds. The monoisotopic (exact) mass is 568 g/mol. The molecule has 0 saturated heterocycles. The highest BCUT2D eigenvalue weighted by molar-refractivity contribution is 5.92. The van der Waals surface area contributed by atoms with E-state index in [-0.39, 0.29) is 6.61 Å². The van der Waals surface area contributed by atoms with Gasteiger partial charge in [-0.1, -0.05) is 65.4 Å². The maximum absolute atomic E-state index is 12.5. The third-order valence-corrected chi connectivity index (χ3v) is 6.62. The SMILES string of the molecule is C=CC(=O)OCC(O)CCCCCCCCCOc1ccc(C(=O)Oc2ccc(C(=O)OCC(C)CC)cc2)cc1. The van der Waals surface area contributed by atoms with E-state index in [4.69, 9.17) is 18.9 Å². The molecule has 0 aliphatic heterocycles. The molecule has 0 fully saturated rings. The average molecular weight is 569 g/mol. The molecule has 0 spiro atoms. The Labute approximate surface area is 243 Å². The zero-order valence-electron chi connectivity index (χ0n) is 24.3. The first kappa shape index (κ1) is 33.6. The Bertz CT molecular complexity index is 1060. The van der Waals surface area contributed by atoms with Crippen LogP contribution in [0.3, 0.4) is 0 Å². The lowest BCUT2D eigenvalue weighted by atomic mass is 10.1. The van der Waals surface area contributed by atoms with Crippen molar-refractivity contribution in [3.8, 4) is 11.5 Å². The number of unbranched alkanes of at least 4 members (excludes halogenated alkanes) is 6. The van der Waals surface area contributed by atoms with Gasteiger partial charge in [-0.25, -0.2) is 14.4 Å². The molecular formula is C33H44O8. The number of ether oxygens (including phenoxy) is 4. The predicted molar refractivity (Wildman–Crippen MR) is 157 cm³/mol. The molecule has 2 atom stereocenters. The van der Waals surface area contributed by atoms with Gasteiger partial charge in [0, 0.05) is 6.08 Å². The van der Waals surface area contributed by atoms with Gasteiger partial charge in [0.25, 0.3) is 0 Å². The van der Waals surface area contributed by atoms with Gasteiger partial charge in [-0.2, -0.15) is 0 Å². The summed E-state index contributed by atoms with van der Waals surface area (Å²) < 4.78 is 21.3. The summed E-state index contributed by atoms with van der Waals surface area (Å²) in [5, 5.41) is 9.78. The van der Waals surface area contributed by atoms with Crippen molar-refractivity contribution in [2.45, 2.75) is 77.7 Å². The van der Waals surface area contributed by atoms with E-state index >= 15 is 0 Å². The number of hydrogen-bond acceptors (Lipinski definition) is 8. The van der Waals surface area contributed by atoms with Gasteiger partial charge < -0.3 is 24.1 Å². The van der Waals surface area contributed by atoms with Crippen LogP contribution >= 0.6 is 0 Å². The lowest BCUT2D eigenvalue weighted by molar-refractivity contribution is -0.140. The third-order valence-electron chi connectivity index (χ3n) is 6.62. The van der Waals surface area contributed by atoms with Crippen LogP contribution < -0.4 is 9.47 Å². The maximum atomic E-state index is 12.5. The summed E-state index contributed by atoms with van der Waals surface area (Å²) in [6, 6.07) is 13.1. The van der Waals surface area contributed by atoms with Crippen molar-refractivity contribution in [1.82, 2.24) is 0 Å². The van der Waals surface area contributed by atoms with Crippen molar-refractivity contribution in [2.75, 3.05) is 19.8 Å². The number of rotatable bonds is 20. The van der Waals surface area contributed by atoms with E-state index in [1.165, 1.54) is 0 Å². The molecule has 0 radical (unpaired) electrons. The van der Waals surface area contributed by atoms with Gasteiger partial charge in [-0.3, -0.25) is 0 Å². The predicted octanol–water partition coefficient (Wildman–Crippen LogP) is 6.70. The van der Waals surface area contributed by atoms with Crippen LogP contribution in [0.5, 0.6) is 11.5 Å². The summed E-state index contributed by atoms with van der Waals surface area (Å²) in [5.41, 5.74) is 0.812. The highest BCUT2D eigenvalue weighted by Crippen LogP contribution is 2.18. The van der Waals surface area contributed by atoms with E-state index in [2.05, 4.69) is 6.58 Å². The van der Waals surface area contributed by atoms with Crippen LogP contribution in [0.4, 0.5) is 0 Å². The second kappa shape index (κ2) is 19.4. The van der Waals surface area contributed by atoms with E-state index in [0.717, 1.165) is 57.4 Å². The molecule has 0 aliphatic rings. The first-order chi connectivity index (χ1) is 19.8. The fourth-order valence-corrected chi connectivity index (χ4v) is 3.81. The Kier molecular flexibility index (Phi) is 15.9. The maximum Gasteiger partial charge on any atom is 0.343 e. The quantitative estimate of drug-likeness (QED) is 0.0814. The molecule has 2 aromatic carbocycles. The van der Waals surface area contributed by atoms with Gasteiger partial charge >= 0.3 is 17.9 Å². The Hall–Kier alpha value is -3.65. The first-order valence-corrected chi connectivity index (χ1v) is 14.5. The summed E-state index contributed by atoms with van der Waals surface area (Å²) in [6.07, 6.45) is 9.34. The topological polar surface area (TPSA) is 108 Å². The van der Waals surface area contributed by atoms with Gasteiger partial charge in [-0.15, -0.1) is 0 Å². The number of aliphatic hydroxyl groups excluding tert-OH is 1. The average Bonchev–Trinajstić information content (AvgIpc) is 2.99. The number of carbonyl (C=O) groups excluding carboxylic acids is 3. The van der Waals surface area contributed by atoms with E-state index in [9.17, 15) is 19.5 Å². The molecule has 1 N–H and O–H groups in total. The Morgan fingerprint density at radius 1 is 0.780 bits per heavy atom. The van der Waals surface area contributed by atoms with E-state index in [0.29, 0.717) is 48.2 Å². The number of esters is 3. The van der Waals surface area contributed by atoms with Crippen LogP contribution in [-0.4, -0.2) is 48.9 Å². The highest BCUT2D eigenvalue weighted by Gasteiger charge is 2.12. The van der Waals surface area contributed by atoms with Crippen LogP contribution in [0.2, 0.25) is 0 Å². The minimum absolute atomic E-state index is 0.0194. The molecule has 0 saturated carbocycles. The lowest BCUT2D eigenvalue weighted by Gasteiger charge is -2.10. The normalized spacial score (nSPS) is 12.2. The Morgan fingerprint density at radius 3 is 1.95 bits per heavy atom. The summed E-state index contributed by atoms with van der Waals surface area (Å²) in [4.78, 5) is 35.6. The summed E-state index contributed by atoms with van der Waals surface area (Å²) in [7, 11) is 0. The van der Waals surface area contributed by atoms with E-state index < -0.39 is 24.0 Å². The highest BCUT2D eigenvalue weighted by atomic mass is 16.5. The molecular weight excluding hydrogens is 524 g/mol. The van der Waals surface area contributed by atoms with Crippen LogP contribution in [0.1, 0.15) is 92.4 Å². The molecule has 8 nitrogen and oxygen atoms in total. The second-order valence-corrected chi connectivity index (χ2v) is 10.2. The van der Waals surface area contributed by atoms with Crippen LogP contribution in [0.25, 0.3) is 0 Å². The summed E-state index contributed by atoms with van der Waals surface area (Å²) in [6.45, 7) is 8.38. The third kappa shape index (κ3) is 14.0. The Balaban J connectivity index is 1.57. The molecule has 41 heavy (non-hydrogen) atoms. The van der Waals surface area contributed by atoms with Crippen LogP contribution in [0, 0.1) is 5.92 Å².